The highest BCUT2D eigenvalue weighted by molar-refractivity contribution is 5.49. The molecule has 0 atom stereocenters. The van der Waals surface area contributed by atoms with Crippen LogP contribution in [-0.2, 0) is 0 Å². The summed E-state index contributed by atoms with van der Waals surface area (Å²) in [7, 11) is 0. The molecule has 0 radical (unpaired) electrons. The molecule has 1 aromatic rings. The molecular formula is C8H10O. The SMILES string of the molecule is CC(C)=Cc1ccoc1. The first-order chi connectivity index (χ1) is 4.29. The molecule has 0 bridgehead atoms. The minimum Gasteiger partial charge on any atom is -0.472 e. The van der Waals surface area contributed by atoms with Crippen LogP contribution in [0.25, 0.3) is 6.08 Å². The predicted octanol–water partition coefficient (Wildman–Crippen LogP) is 2.70. The van der Waals surface area contributed by atoms with E-state index in [1.54, 1.807) is 12.5 Å². The van der Waals surface area contributed by atoms with Crippen LogP contribution in [0.1, 0.15) is 19.4 Å². The summed E-state index contributed by atoms with van der Waals surface area (Å²) in [5.41, 5.74) is 2.42. The summed E-state index contributed by atoms with van der Waals surface area (Å²) in [6.45, 7) is 4.12. The Labute approximate surface area is 55.0 Å². The van der Waals surface area contributed by atoms with Gasteiger partial charge in [0.2, 0.25) is 0 Å². The van der Waals surface area contributed by atoms with Gasteiger partial charge < -0.3 is 4.42 Å². The molecule has 0 aliphatic carbocycles. The minimum absolute atomic E-state index is 1.13. The first-order valence-electron chi connectivity index (χ1n) is 2.96. The third kappa shape index (κ3) is 1.76. The van der Waals surface area contributed by atoms with Crippen molar-refractivity contribution in [2.75, 3.05) is 0 Å². The first-order valence-corrected chi connectivity index (χ1v) is 2.96. The monoisotopic (exact) mass is 122 g/mol. The lowest BCUT2D eigenvalue weighted by molar-refractivity contribution is 0.567. The first kappa shape index (κ1) is 6.14. The summed E-state index contributed by atoms with van der Waals surface area (Å²) in [5.74, 6) is 0. The van der Waals surface area contributed by atoms with E-state index in [0.717, 1.165) is 5.56 Å². The molecule has 0 spiro atoms. The summed E-state index contributed by atoms with van der Waals surface area (Å²) in [6, 6.07) is 1.94. The molecule has 1 heterocycles. The highest BCUT2D eigenvalue weighted by atomic mass is 16.3. The van der Waals surface area contributed by atoms with Gasteiger partial charge in [0.1, 0.15) is 0 Å². The maximum absolute atomic E-state index is 4.87. The molecule has 0 N–H and O–H groups in total. The van der Waals surface area contributed by atoms with Crippen molar-refractivity contribution in [3.8, 4) is 0 Å². The van der Waals surface area contributed by atoms with Crippen LogP contribution in [0.5, 0.6) is 0 Å². The van der Waals surface area contributed by atoms with E-state index in [0.29, 0.717) is 0 Å². The lowest BCUT2D eigenvalue weighted by Crippen LogP contribution is -1.63. The molecule has 0 aromatic carbocycles. The van der Waals surface area contributed by atoms with Gasteiger partial charge in [0.25, 0.3) is 0 Å². The maximum atomic E-state index is 4.87. The van der Waals surface area contributed by atoms with Crippen LogP contribution in [-0.4, -0.2) is 0 Å². The molecule has 0 unspecified atom stereocenters. The summed E-state index contributed by atoms with van der Waals surface area (Å²) in [5, 5.41) is 0. The third-order valence-electron chi connectivity index (χ3n) is 0.999. The molecule has 0 saturated heterocycles. The zero-order chi connectivity index (χ0) is 6.69. The van der Waals surface area contributed by atoms with E-state index in [1.807, 2.05) is 6.07 Å². The highest BCUT2D eigenvalue weighted by Gasteiger charge is 1.85. The smallest absolute Gasteiger partial charge is 0.0974 e. The van der Waals surface area contributed by atoms with Crippen LogP contribution in [0.4, 0.5) is 0 Å². The Bertz CT molecular complexity index is 190. The number of rotatable bonds is 1. The van der Waals surface area contributed by atoms with Gasteiger partial charge in [-0.3, -0.25) is 0 Å². The van der Waals surface area contributed by atoms with Gasteiger partial charge >= 0.3 is 0 Å². The average molecular weight is 122 g/mol. The molecule has 0 saturated carbocycles. The second-order valence-corrected chi connectivity index (χ2v) is 2.28. The number of allylic oxidation sites excluding steroid dienone is 1. The molecule has 0 fully saturated rings. The number of hydrogen-bond donors (Lipinski definition) is 0. The van der Waals surface area contributed by atoms with E-state index >= 15 is 0 Å². The van der Waals surface area contributed by atoms with Crippen LogP contribution in [0.2, 0.25) is 0 Å². The predicted molar refractivity (Wildman–Crippen MR) is 38.0 cm³/mol. The van der Waals surface area contributed by atoms with Crippen LogP contribution >= 0.6 is 0 Å². The van der Waals surface area contributed by atoms with Gasteiger partial charge in [-0.25, -0.2) is 0 Å². The Morgan fingerprint density at radius 3 is 2.78 bits per heavy atom. The molecule has 1 nitrogen and oxygen atoms in total. The van der Waals surface area contributed by atoms with Crippen LogP contribution in [0, 0.1) is 0 Å². The zero-order valence-corrected chi connectivity index (χ0v) is 5.72. The van der Waals surface area contributed by atoms with E-state index in [4.69, 9.17) is 4.42 Å². The van der Waals surface area contributed by atoms with Gasteiger partial charge in [-0.05, 0) is 19.9 Å². The molecule has 1 aromatic heterocycles. The Morgan fingerprint density at radius 2 is 2.33 bits per heavy atom. The second-order valence-electron chi connectivity index (χ2n) is 2.28. The van der Waals surface area contributed by atoms with Crippen molar-refractivity contribution in [1.29, 1.82) is 0 Å². The zero-order valence-electron chi connectivity index (χ0n) is 5.72. The van der Waals surface area contributed by atoms with Crippen LogP contribution in [0.15, 0.2) is 28.6 Å². The highest BCUT2D eigenvalue weighted by Crippen LogP contribution is 2.05. The van der Waals surface area contributed by atoms with Gasteiger partial charge in [0.05, 0.1) is 12.5 Å². The largest absolute Gasteiger partial charge is 0.472 e. The van der Waals surface area contributed by atoms with Crippen molar-refractivity contribution in [3.63, 3.8) is 0 Å². The van der Waals surface area contributed by atoms with E-state index in [1.165, 1.54) is 5.57 Å². The number of furan rings is 1. The van der Waals surface area contributed by atoms with Gasteiger partial charge in [-0.2, -0.15) is 0 Å². The van der Waals surface area contributed by atoms with Crippen LogP contribution < -0.4 is 0 Å². The summed E-state index contributed by atoms with van der Waals surface area (Å²) in [4.78, 5) is 0. The fourth-order valence-corrected chi connectivity index (χ4v) is 0.690. The molecular weight excluding hydrogens is 112 g/mol. The van der Waals surface area contributed by atoms with E-state index in [2.05, 4.69) is 19.9 Å². The molecule has 1 rings (SSSR count). The lowest BCUT2D eigenvalue weighted by Gasteiger charge is -1.83. The van der Waals surface area contributed by atoms with E-state index < -0.39 is 0 Å². The van der Waals surface area contributed by atoms with Gasteiger partial charge in [-0.1, -0.05) is 11.6 Å². The van der Waals surface area contributed by atoms with Crippen molar-refractivity contribution >= 4 is 6.08 Å². The minimum atomic E-state index is 1.13. The average Bonchev–Trinajstić information content (AvgIpc) is 2.15. The molecule has 0 aliphatic heterocycles. The van der Waals surface area contributed by atoms with E-state index in [9.17, 15) is 0 Å². The lowest BCUT2D eigenvalue weighted by atomic mass is 10.2. The maximum Gasteiger partial charge on any atom is 0.0974 e. The van der Waals surface area contributed by atoms with Crippen LogP contribution in [0.3, 0.4) is 0 Å². The standard InChI is InChI=1S/C8H10O/c1-7(2)5-8-3-4-9-6-8/h3-6H,1-2H3. The normalized spacial score (nSPS) is 9.11. The molecule has 1 heteroatoms. The molecule has 9 heavy (non-hydrogen) atoms. The van der Waals surface area contributed by atoms with Crippen molar-refractivity contribution in [2.24, 2.45) is 0 Å². The fraction of sp³-hybridized carbons (Fsp3) is 0.250. The Morgan fingerprint density at radius 1 is 1.56 bits per heavy atom. The van der Waals surface area contributed by atoms with Crippen molar-refractivity contribution in [3.05, 3.63) is 29.7 Å². The molecule has 48 valence electrons. The third-order valence-corrected chi connectivity index (χ3v) is 0.999. The summed E-state index contributed by atoms with van der Waals surface area (Å²) < 4.78 is 4.87. The Balaban J connectivity index is 2.80. The number of hydrogen-bond acceptors (Lipinski definition) is 1. The Kier molecular flexibility index (Phi) is 1.73. The summed E-state index contributed by atoms with van der Waals surface area (Å²) >= 11 is 0. The molecule has 0 amide bonds. The quantitative estimate of drug-likeness (QED) is 0.558. The Hall–Kier alpha value is -0.980. The second kappa shape index (κ2) is 2.53. The van der Waals surface area contributed by atoms with Crippen molar-refractivity contribution in [2.45, 2.75) is 13.8 Å². The van der Waals surface area contributed by atoms with Gasteiger partial charge in [-0.15, -0.1) is 0 Å². The van der Waals surface area contributed by atoms with Crippen molar-refractivity contribution in [1.82, 2.24) is 0 Å². The fourth-order valence-electron chi connectivity index (χ4n) is 0.690. The van der Waals surface area contributed by atoms with Gasteiger partial charge in [0.15, 0.2) is 0 Å². The topological polar surface area (TPSA) is 13.1 Å². The summed E-state index contributed by atoms with van der Waals surface area (Å²) in [6.07, 6.45) is 5.48. The van der Waals surface area contributed by atoms with E-state index in [-0.39, 0.29) is 0 Å². The van der Waals surface area contributed by atoms with Crippen molar-refractivity contribution < 1.29 is 4.42 Å². The molecule has 0 aliphatic rings. The van der Waals surface area contributed by atoms with Gasteiger partial charge in [0, 0.05) is 5.56 Å².